The number of thiazole rings is 1. The molecule has 1 N–H and O–H groups in total. The minimum Gasteiger partial charge on any atom is -0.249 e. The SMILES string of the molecule is CCC(CBr)NS(=O)(=O)c1cnc(C)s1. The van der Waals surface area contributed by atoms with Gasteiger partial charge in [-0.2, -0.15) is 0 Å². The lowest BCUT2D eigenvalue weighted by Crippen LogP contribution is -2.35. The van der Waals surface area contributed by atoms with Gasteiger partial charge < -0.3 is 0 Å². The molecule has 0 aliphatic rings. The van der Waals surface area contributed by atoms with Crippen molar-refractivity contribution in [3.8, 4) is 0 Å². The Hall–Kier alpha value is 0.0200. The fraction of sp³-hybridized carbons (Fsp3) is 0.625. The molecule has 86 valence electrons. The van der Waals surface area contributed by atoms with Crippen molar-refractivity contribution in [3.63, 3.8) is 0 Å². The van der Waals surface area contributed by atoms with E-state index in [9.17, 15) is 8.42 Å². The molecule has 0 aliphatic heterocycles. The smallest absolute Gasteiger partial charge is 0.249 e. The van der Waals surface area contributed by atoms with Gasteiger partial charge in [0.25, 0.3) is 10.0 Å². The second-order valence-corrected chi connectivity index (χ2v) is 6.90. The number of rotatable bonds is 5. The monoisotopic (exact) mass is 312 g/mol. The predicted octanol–water partition coefficient (Wildman–Crippen LogP) is 1.90. The van der Waals surface area contributed by atoms with Gasteiger partial charge in [0.2, 0.25) is 0 Å². The molecule has 0 aromatic carbocycles. The van der Waals surface area contributed by atoms with Crippen molar-refractivity contribution in [3.05, 3.63) is 11.2 Å². The molecule has 0 saturated carbocycles. The van der Waals surface area contributed by atoms with Crippen molar-refractivity contribution in [2.45, 2.75) is 30.5 Å². The molecular formula is C8H13BrN2O2S2. The van der Waals surface area contributed by atoms with Gasteiger partial charge in [0, 0.05) is 11.4 Å². The first-order valence-electron chi connectivity index (χ1n) is 4.50. The lowest BCUT2D eigenvalue weighted by atomic mass is 10.3. The summed E-state index contributed by atoms with van der Waals surface area (Å²) < 4.78 is 26.5. The average Bonchev–Trinajstić information content (AvgIpc) is 2.62. The van der Waals surface area contributed by atoms with Crippen LogP contribution in [0.5, 0.6) is 0 Å². The van der Waals surface area contributed by atoms with Crippen LogP contribution in [-0.2, 0) is 10.0 Å². The Kier molecular flexibility index (Phi) is 4.69. The van der Waals surface area contributed by atoms with Crippen LogP contribution < -0.4 is 4.72 Å². The molecule has 15 heavy (non-hydrogen) atoms. The number of hydrogen-bond donors (Lipinski definition) is 1. The Morgan fingerprint density at radius 2 is 2.33 bits per heavy atom. The van der Waals surface area contributed by atoms with Crippen molar-refractivity contribution in [1.82, 2.24) is 9.71 Å². The first-order valence-corrected chi connectivity index (χ1v) is 7.92. The number of hydrogen-bond acceptors (Lipinski definition) is 4. The lowest BCUT2D eigenvalue weighted by Gasteiger charge is -2.12. The third-order valence-electron chi connectivity index (χ3n) is 1.87. The molecular weight excluding hydrogens is 300 g/mol. The zero-order valence-corrected chi connectivity index (χ0v) is 11.7. The van der Waals surface area contributed by atoms with E-state index >= 15 is 0 Å². The number of halogens is 1. The van der Waals surface area contributed by atoms with Crippen molar-refractivity contribution < 1.29 is 8.42 Å². The average molecular weight is 313 g/mol. The summed E-state index contributed by atoms with van der Waals surface area (Å²) in [5.41, 5.74) is 0. The van der Waals surface area contributed by atoms with Crippen LogP contribution in [0.2, 0.25) is 0 Å². The van der Waals surface area contributed by atoms with E-state index in [2.05, 4.69) is 25.6 Å². The molecule has 0 radical (unpaired) electrons. The zero-order chi connectivity index (χ0) is 11.5. The van der Waals surface area contributed by atoms with Crippen molar-refractivity contribution >= 4 is 37.3 Å². The summed E-state index contributed by atoms with van der Waals surface area (Å²) in [4.78, 5) is 3.93. The Labute approximate surface area is 102 Å². The fourth-order valence-corrected chi connectivity index (χ4v) is 4.24. The van der Waals surface area contributed by atoms with E-state index in [0.717, 1.165) is 11.4 Å². The largest absolute Gasteiger partial charge is 0.251 e. The van der Waals surface area contributed by atoms with Crippen LogP contribution in [0.25, 0.3) is 0 Å². The molecule has 0 amide bonds. The molecule has 0 bridgehead atoms. The molecule has 0 saturated heterocycles. The highest BCUT2D eigenvalue weighted by molar-refractivity contribution is 9.09. The summed E-state index contributed by atoms with van der Waals surface area (Å²) in [5.74, 6) is 0. The van der Waals surface area contributed by atoms with Gasteiger partial charge in [-0.1, -0.05) is 22.9 Å². The second-order valence-electron chi connectivity index (χ2n) is 3.08. The van der Waals surface area contributed by atoms with E-state index in [1.807, 2.05) is 6.92 Å². The van der Waals surface area contributed by atoms with Crippen LogP contribution in [0.4, 0.5) is 0 Å². The molecule has 1 aromatic heterocycles. The van der Waals surface area contributed by atoms with Gasteiger partial charge in [0.05, 0.1) is 11.2 Å². The summed E-state index contributed by atoms with van der Waals surface area (Å²) in [6.07, 6.45) is 2.14. The van der Waals surface area contributed by atoms with Gasteiger partial charge in [-0.15, -0.1) is 11.3 Å². The van der Waals surface area contributed by atoms with E-state index in [1.165, 1.54) is 17.5 Å². The molecule has 1 unspecified atom stereocenters. The van der Waals surface area contributed by atoms with Gasteiger partial charge in [0.1, 0.15) is 0 Å². The Morgan fingerprint density at radius 3 is 2.73 bits per heavy atom. The molecule has 0 spiro atoms. The number of alkyl halides is 1. The molecule has 1 aromatic rings. The Balaban J connectivity index is 2.84. The third kappa shape index (κ3) is 3.51. The molecule has 1 heterocycles. The van der Waals surface area contributed by atoms with Crippen molar-refractivity contribution in [2.24, 2.45) is 0 Å². The molecule has 0 aliphatic carbocycles. The highest BCUT2D eigenvalue weighted by atomic mass is 79.9. The van der Waals surface area contributed by atoms with Crippen LogP contribution in [-0.4, -0.2) is 24.8 Å². The van der Waals surface area contributed by atoms with Gasteiger partial charge in [-0.3, -0.25) is 0 Å². The summed E-state index contributed by atoms with van der Waals surface area (Å²) in [7, 11) is -3.39. The number of aromatic nitrogens is 1. The fourth-order valence-electron chi connectivity index (χ4n) is 0.968. The molecule has 4 nitrogen and oxygen atoms in total. The quantitative estimate of drug-likeness (QED) is 0.845. The first-order chi connectivity index (χ1) is 6.99. The number of sulfonamides is 1. The van der Waals surface area contributed by atoms with Crippen molar-refractivity contribution in [2.75, 3.05) is 5.33 Å². The van der Waals surface area contributed by atoms with E-state index in [0.29, 0.717) is 5.33 Å². The summed E-state index contributed by atoms with van der Waals surface area (Å²) in [6.45, 7) is 3.72. The minimum atomic E-state index is -3.39. The van der Waals surface area contributed by atoms with E-state index < -0.39 is 10.0 Å². The number of nitrogens with zero attached hydrogens (tertiary/aromatic N) is 1. The summed E-state index contributed by atoms with van der Waals surface area (Å²) in [5, 5.41) is 1.36. The van der Waals surface area contributed by atoms with Crippen LogP contribution in [0.15, 0.2) is 10.4 Å². The van der Waals surface area contributed by atoms with Crippen molar-refractivity contribution in [1.29, 1.82) is 0 Å². The van der Waals surface area contributed by atoms with Gasteiger partial charge in [-0.25, -0.2) is 18.1 Å². The third-order valence-corrected chi connectivity index (χ3v) is 5.54. The highest BCUT2D eigenvalue weighted by Gasteiger charge is 2.20. The summed E-state index contributed by atoms with van der Waals surface area (Å²) >= 11 is 4.45. The standard InChI is InChI=1S/C8H13BrN2O2S2/c1-3-7(4-9)11-15(12,13)8-5-10-6(2)14-8/h5,7,11H,3-4H2,1-2H3. The Bertz CT molecular complexity index is 412. The maximum atomic E-state index is 11.8. The number of aryl methyl sites for hydroxylation is 1. The predicted molar refractivity (Wildman–Crippen MR) is 65.0 cm³/mol. The van der Waals surface area contributed by atoms with E-state index in [4.69, 9.17) is 0 Å². The maximum Gasteiger partial charge on any atom is 0.251 e. The first kappa shape index (κ1) is 13.1. The van der Waals surface area contributed by atoms with E-state index in [1.54, 1.807) is 6.92 Å². The van der Waals surface area contributed by atoms with Crippen LogP contribution in [0.1, 0.15) is 18.4 Å². The second kappa shape index (κ2) is 5.38. The molecule has 1 atom stereocenters. The summed E-state index contributed by atoms with van der Waals surface area (Å²) in [6, 6.07) is -0.0718. The molecule has 1 rings (SSSR count). The topological polar surface area (TPSA) is 59.1 Å². The normalized spacial score (nSPS) is 14.1. The van der Waals surface area contributed by atoms with E-state index in [-0.39, 0.29) is 10.3 Å². The highest BCUT2D eigenvalue weighted by Crippen LogP contribution is 2.18. The number of nitrogens with one attached hydrogen (secondary N) is 1. The zero-order valence-electron chi connectivity index (χ0n) is 8.53. The Morgan fingerprint density at radius 1 is 1.67 bits per heavy atom. The molecule has 7 heteroatoms. The lowest BCUT2D eigenvalue weighted by molar-refractivity contribution is 0.560. The maximum absolute atomic E-state index is 11.8. The van der Waals surface area contributed by atoms with Crippen LogP contribution in [0.3, 0.4) is 0 Å². The van der Waals surface area contributed by atoms with Gasteiger partial charge >= 0.3 is 0 Å². The van der Waals surface area contributed by atoms with Crippen LogP contribution >= 0.6 is 27.3 Å². The molecule has 0 fully saturated rings. The van der Waals surface area contributed by atoms with Gasteiger partial charge in [-0.05, 0) is 13.3 Å². The minimum absolute atomic E-state index is 0.0718. The van der Waals surface area contributed by atoms with Crippen LogP contribution in [0, 0.1) is 6.92 Å². The van der Waals surface area contributed by atoms with Gasteiger partial charge in [0.15, 0.2) is 4.21 Å².